The van der Waals surface area contributed by atoms with Gasteiger partial charge in [0.25, 0.3) is 0 Å². The molecule has 0 aliphatic heterocycles. The van der Waals surface area contributed by atoms with Crippen molar-refractivity contribution in [2.75, 3.05) is 17.3 Å². The molecule has 2 amide bonds. The molecule has 0 atom stereocenters. The summed E-state index contributed by atoms with van der Waals surface area (Å²) in [7, 11) is 1.62. The fraction of sp³-hybridized carbons (Fsp3) is 0.100. The number of carbonyl (C=O) groups excluding carboxylic acids is 1. The van der Waals surface area contributed by atoms with Gasteiger partial charge < -0.3 is 10.1 Å². The quantitative estimate of drug-likeness (QED) is 0.756. The number of nitrogens with zero attached hydrogens (tertiary/aromatic N) is 2. The van der Waals surface area contributed by atoms with Crippen LogP contribution in [0.5, 0.6) is 5.75 Å². The summed E-state index contributed by atoms with van der Waals surface area (Å²) in [4.78, 5) is 18.6. The zero-order valence-electron chi connectivity index (χ0n) is 13.9. The molecule has 0 aliphatic carbocycles. The van der Waals surface area contributed by atoms with Crippen LogP contribution < -0.4 is 15.0 Å². The average Bonchev–Trinajstić information content (AvgIpc) is 2.68. The van der Waals surface area contributed by atoms with Crippen molar-refractivity contribution in [1.29, 1.82) is 0 Å². The Labute approximate surface area is 146 Å². The first kappa shape index (κ1) is 16.5. The Morgan fingerprint density at radius 1 is 1.04 bits per heavy atom. The summed E-state index contributed by atoms with van der Waals surface area (Å²) in [6.45, 7) is 0.416. The van der Waals surface area contributed by atoms with Crippen molar-refractivity contribution in [3.05, 3.63) is 84.7 Å². The second kappa shape index (κ2) is 7.97. The summed E-state index contributed by atoms with van der Waals surface area (Å²) in [5, 5.41) is 2.92. The van der Waals surface area contributed by atoms with Gasteiger partial charge in [0.2, 0.25) is 0 Å². The molecule has 2 aromatic carbocycles. The zero-order chi connectivity index (χ0) is 17.5. The second-order valence-electron chi connectivity index (χ2n) is 5.44. The Morgan fingerprint density at radius 3 is 2.44 bits per heavy atom. The summed E-state index contributed by atoms with van der Waals surface area (Å²) < 4.78 is 5.19. The molecule has 0 radical (unpaired) electrons. The number of benzene rings is 2. The lowest BCUT2D eigenvalue weighted by molar-refractivity contribution is 0.256. The molecule has 0 fully saturated rings. The van der Waals surface area contributed by atoms with E-state index in [2.05, 4.69) is 10.3 Å². The largest absolute Gasteiger partial charge is 0.497 e. The molecule has 25 heavy (non-hydrogen) atoms. The van der Waals surface area contributed by atoms with Gasteiger partial charge in [0.15, 0.2) is 0 Å². The fourth-order valence-electron chi connectivity index (χ4n) is 2.43. The standard InChI is InChI=1S/C20H19N3O2/c1-25-19-11-9-18(10-12-19)23(15-16-6-5-13-21-14-16)20(24)22-17-7-3-2-4-8-17/h2-14H,15H2,1H3,(H,22,24). The Kier molecular flexibility index (Phi) is 5.26. The van der Waals surface area contributed by atoms with Gasteiger partial charge in [-0.15, -0.1) is 0 Å². The zero-order valence-corrected chi connectivity index (χ0v) is 13.9. The minimum atomic E-state index is -0.208. The average molecular weight is 333 g/mol. The van der Waals surface area contributed by atoms with E-state index in [1.165, 1.54) is 0 Å². The van der Waals surface area contributed by atoms with Crippen LogP contribution in [0.2, 0.25) is 0 Å². The van der Waals surface area contributed by atoms with E-state index in [9.17, 15) is 4.79 Å². The molecule has 0 aliphatic rings. The first-order chi connectivity index (χ1) is 12.3. The number of nitrogens with one attached hydrogen (secondary N) is 1. The van der Waals surface area contributed by atoms with E-state index >= 15 is 0 Å². The SMILES string of the molecule is COc1ccc(N(Cc2cccnc2)C(=O)Nc2ccccc2)cc1. The van der Waals surface area contributed by atoms with Crippen molar-refractivity contribution in [3.63, 3.8) is 0 Å². The highest BCUT2D eigenvalue weighted by Crippen LogP contribution is 2.22. The lowest BCUT2D eigenvalue weighted by Crippen LogP contribution is -2.34. The second-order valence-corrected chi connectivity index (χ2v) is 5.44. The van der Waals surface area contributed by atoms with Crippen LogP contribution in [-0.4, -0.2) is 18.1 Å². The molecule has 0 saturated heterocycles. The highest BCUT2D eigenvalue weighted by atomic mass is 16.5. The van der Waals surface area contributed by atoms with Gasteiger partial charge in [0.05, 0.1) is 13.7 Å². The maximum absolute atomic E-state index is 12.8. The van der Waals surface area contributed by atoms with Crippen molar-refractivity contribution in [2.45, 2.75) is 6.54 Å². The highest BCUT2D eigenvalue weighted by molar-refractivity contribution is 6.01. The number of rotatable bonds is 5. The van der Waals surface area contributed by atoms with E-state index in [0.29, 0.717) is 6.54 Å². The first-order valence-corrected chi connectivity index (χ1v) is 7.93. The first-order valence-electron chi connectivity index (χ1n) is 7.93. The number of anilines is 2. The smallest absolute Gasteiger partial charge is 0.326 e. The van der Waals surface area contributed by atoms with Crippen LogP contribution in [0.25, 0.3) is 0 Å². The van der Waals surface area contributed by atoms with Gasteiger partial charge in [-0.1, -0.05) is 24.3 Å². The normalized spacial score (nSPS) is 10.1. The van der Waals surface area contributed by atoms with Gasteiger partial charge in [-0.3, -0.25) is 9.88 Å². The molecule has 1 aromatic heterocycles. The molecule has 0 spiro atoms. The Bertz CT molecular complexity index is 805. The lowest BCUT2D eigenvalue weighted by Gasteiger charge is -2.23. The van der Waals surface area contributed by atoms with Crippen molar-refractivity contribution < 1.29 is 9.53 Å². The van der Waals surface area contributed by atoms with Crippen LogP contribution in [0.3, 0.4) is 0 Å². The molecule has 0 bridgehead atoms. The van der Waals surface area contributed by atoms with Crippen molar-refractivity contribution in [2.24, 2.45) is 0 Å². The van der Waals surface area contributed by atoms with Gasteiger partial charge >= 0.3 is 6.03 Å². The third-order valence-electron chi connectivity index (χ3n) is 3.72. The Balaban J connectivity index is 1.86. The molecule has 0 saturated carbocycles. The van der Waals surface area contributed by atoms with E-state index in [1.807, 2.05) is 66.7 Å². The van der Waals surface area contributed by atoms with Crippen LogP contribution in [0.4, 0.5) is 16.2 Å². The van der Waals surface area contributed by atoms with E-state index in [1.54, 1.807) is 24.4 Å². The molecule has 3 aromatic rings. The summed E-state index contributed by atoms with van der Waals surface area (Å²) in [5.74, 6) is 0.744. The maximum atomic E-state index is 12.8. The van der Waals surface area contributed by atoms with Crippen LogP contribution in [0, 0.1) is 0 Å². The molecular weight excluding hydrogens is 314 g/mol. The number of ether oxygens (including phenoxy) is 1. The van der Waals surface area contributed by atoms with Gasteiger partial charge in [-0.25, -0.2) is 4.79 Å². The number of para-hydroxylation sites is 1. The van der Waals surface area contributed by atoms with Crippen molar-refractivity contribution in [1.82, 2.24) is 4.98 Å². The molecular formula is C20H19N3O2. The highest BCUT2D eigenvalue weighted by Gasteiger charge is 2.16. The molecule has 0 unspecified atom stereocenters. The molecule has 5 heteroatoms. The number of amides is 2. The van der Waals surface area contributed by atoms with Crippen molar-refractivity contribution >= 4 is 17.4 Å². The topological polar surface area (TPSA) is 54.5 Å². The number of hydrogen-bond donors (Lipinski definition) is 1. The predicted molar refractivity (Wildman–Crippen MR) is 98.9 cm³/mol. The fourth-order valence-corrected chi connectivity index (χ4v) is 2.43. The number of methoxy groups -OCH3 is 1. The number of carbonyl (C=O) groups is 1. The monoisotopic (exact) mass is 333 g/mol. The predicted octanol–water partition coefficient (Wildman–Crippen LogP) is 4.33. The van der Waals surface area contributed by atoms with Crippen LogP contribution in [-0.2, 0) is 6.54 Å². The summed E-state index contributed by atoms with van der Waals surface area (Å²) in [6, 6.07) is 20.4. The summed E-state index contributed by atoms with van der Waals surface area (Å²) in [5.41, 5.74) is 2.47. The van der Waals surface area contributed by atoms with Gasteiger partial charge in [0.1, 0.15) is 5.75 Å². The third kappa shape index (κ3) is 4.35. The molecule has 1 N–H and O–H groups in total. The summed E-state index contributed by atoms with van der Waals surface area (Å²) in [6.07, 6.45) is 3.47. The Morgan fingerprint density at radius 2 is 1.80 bits per heavy atom. The van der Waals surface area contributed by atoms with Crippen molar-refractivity contribution in [3.8, 4) is 5.75 Å². The van der Waals surface area contributed by atoms with Crippen LogP contribution in [0.15, 0.2) is 79.1 Å². The minimum absolute atomic E-state index is 0.208. The number of pyridine rings is 1. The number of urea groups is 1. The molecule has 126 valence electrons. The molecule has 5 nitrogen and oxygen atoms in total. The van der Waals surface area contributed by atoms with Crippen LogP contribution >= 0.6 is 0 Å². The van der Waals surface area contributed by atoms with E-state index < -0.39 is 0 Å². The minimum Gasteiger partial charge on any atom is -0.497 e. The van der Waals surface area contributed by atoms with Gasteiger partial charge in [-0.2, -0.15) is 0 Å². The maximum Gasteiger partial charge on any atom is 0.326 e. The van der Waals surface area contributed by atoms with E-state index in [0.717, 1.165) is 22.7 Å². The van der Waals surface area contributed by atoms with Gasteiger partial charge in [-0.05, 0) is 48.0 Å². The number of aromatic nitrogens is 1. The third-order valence-corrected chi connectivity index (χ3v) is 3.72. The van der Waals surface area contributed by atoms with E-state index in [-0.39, 0.29) is 6.03 Å². The van der Waals surface area contributed by atoms with Crippen LogP contribution in [0.1, 0.15) is 5.56 Å². The van der Waals surface area contributed by atoms with Gasteiger partial charge in [0, 0.05) is 23.8 Å². The Hall–Kier alpha value is -3.34. The van der Waals surface area contributed by atoms with E-state index in [4.69, 9.17) is 4.74 Å². The lowest BCUT2D eigenvalue weighted by atomic mass is 10.2. The number of hydrogen-bond acceptors (Lipinski definition) is 3. The molecule has 3 rings (SSSR count). The summed E-state index contributed by atoms with van der Waals surface area (Å²) >= 11 is 0. The molecule has 1 heterocycles.